The Kier molecular flexibility index (Phi) is 4.83. The maximum atomic E-state index is 13.3. The third kappa shape index (κ3) is 3.07. The second kappa shape index (κ2) is 7.10. The number of aliphatic hydroxyl groups excluding tert-OH is 1. The van der Waals surface area contributed by atoms with Gasteiger partial charge in [-0.15, -0.1) is 0 Å². The number of rotatable bonds is 5. The number of Topliss-reactive ketones (excluding diaryl/α,β-unsaturated/α-hetero) is 1. The molecule has 1 heterocycles. The van der Waals surface area contributed by atoms with E-state index in [0.717, 1.165) is 29.2 Å². The van der Waals surface area contributed by atoms with Crippen LogP contribution in [-0.4, -0.2) is 26.8 Å². The van der Waals surface area contributed by atoms with Gasteiger partial charge in [0.2, 0.25) is 0 Å². The van der Waals surface area contributed by atoms with Gasteiger partial charge in [-0.3, -0.25) is 24.6 Å². The molecule has 28 heavy (non-hydrogen) atoms. The summed E-state index contributed by atoms with van der Waals surface area (Å²) < 4.78 is 13.3. The van der Waals surface area contributed by atoms with Gasteiger partial charge < -0.3 is 10.2 Å². The Hall–Kier alpha value is -3.75. The minimum absolute atomic E-state index is 0.0133. The molecule has 2 aromatic carbocycles. The summed E-state index contributed by atoms with van der Waals surface area (Å²) in [6.45, 7) is 1.55. The number of ketones is 1. The predicted molar refractivity (Wildman–Crippen MR) is 96.3 cm³/mol. The van der Waals surface area contributed by atoms with Crippen molar-refractivity contribution in [3.05, 3.63) is 75.3 Å². The summed E-state index contributed by atoms with van der Waals surface area (Å²) >= 11 is 0. The molecule has 0 saturated heterocycles. The molecule has 0 aromatic heterocycles. The Morgan fingerprint density at radius 1 is 1.21 bits per heavy atom. The molecule has 2 aromatic rings. The van der Waals surface area contributed by atoms with Gasteiger partial charge in [-0.2, -0.15) is 0 Å². The Balaban J connectivity index is 2.22. The van der Waals surface area contributed by atoms with Crippen molar-refractivity contribution in [2.45, 2.75) is 19.4 Å². The van der Waals surface area contributed by atoms with Crippen molar-refractivity contribution in [3.8, 4) is 5.75 Å². The van der Waals surface area contributed by atoms with Gasteiger partial charge in [0.15, 0.2) is 17.3 Å². The highest BCUT2D eigenvalue weighted by Crippen LogP contribution is 2.43. The topological polar surface area (TPSA) is 121 Å². The van der Waals surface area contributed by atoms with Crippen LogP contribution in [0.4, 0.5) is 15.8 Å². The quantitative estimate of drug-likeness (QED) is 0.601. The van der Waals surface area contributed by atoms with Crippen LogP contribution >= 0.6 is 0 Å². The van der Waals surface area contributed by atoms with E-state index in [-0.39, 0.29) is 23.2 Å². The molecule has 1 amide bonds. The fourth-order valence-corrected chi connectivity index (χ4v) is 3.12. The number of anilines is 1. The molecule has 1 unspecified atom stereocenters. The van der Waals surface area contributed by atoms with Gasteiger partial charge in [0.05, 0.1) is 16.5 Å². The van der Waals surface area contributed by atoms with Gasteiger partial charge in [0, 0.05) is 18.2 Å². The molecular weight excluding hydrogens is 371 g/mol. The first-order valence-electron chi connectivity index (χ1n) is 8.29. The molecule has 0 bridgehead atoms. The van der Waals surface area contributed by atoms with Crippen molar-refractivity contribution in [2.75, 3.05) is 4.90 Å². The molecule has 3 rings (SSSR count). The standard InChI is InChI=1S/C19H15FN2O6/c1-2-14(23)16-17(10-3-8-15(24)13(9-10)22(27)28)21(19(26)18(16)25)12-6-4-11(20)5-7-12/h3-9,17,24-25H,2H2,1H3. The smallest absolute Gasteiger partial charge is 0.311 e. The van der Waals surface area contributed by atoms with Crippen molar-refractivity contribution in [1.82, 2.24) is 0 Å². The zero-order valence-electron chi connectivity index (χ0n) is 14.6. The number of hydrogen-bond acceptors (Lipinski definition) is 6. The van der Waals surface area contributed by atoms with Crippen LogP contribution in [0.1, 0.15) is 24.9 Å². The van der Waals surface area contributed by atoms with Crippen LogP contribution in [0.25, 0.3) is 0 Å². The lowest BCUT2D eigenvalue weighted by Gasteiger charge is -2.26. The van der Waals surface area contributed by atoms with E-state index in [0.29, 0.717) is 0 Å². The highest BCUT2D eigenvalue weighted by atomic mass is 19.1. The van der Waals surface area contributed by atoms with Crippen LogP contribution in [0.2, 0.25) is 0 Å². The normalized spacial score (nSPS) is 16.6. The number of nitro groups is 1. The summed E-state index contributed by atoms with van der Waals surface area (Å²) in [5.41, 5.74) is -0.490. The first kappa shape index (κ1) is 19.0. The summed E-state index contributed by atoms with van der Waals surface area (Å²) in [5.74, 6) is -3.30. The first-order chi connectivity index (χ1) is 13.3. The number of nitrogens with zero attached hydrogens (tertiary/aromatic N) is 2. The second-order valence-electron chi connectivity index (χ2n) is 6.10. The molecular formula is C19H15FN2O6. The third-order valence-corrected chi connectivity index (χ3v) is 4.45. The molecule has 0 aliphatic carbocycles. The predicted octanol–water partition coefficient (Wildman–Crippen LogP) is 3.32. The Bertz CT molecular complexity index is 1020. The number of amides is 1. The number of hydrogen-bond donors (Lipinski definition) is 2. The number of halogens is 1. The number of benzene rings is 2. The molecule has 8 nitrogen and oxygen atoms in total. The van der Waals surface area contributed by atoms with Crippen LogP contribution in [-0.2, 0) is 9.59 Å². The monoisotopic (exact) mass is 386 g/mol. The molecule has 144 valence electrons. The number of aliphatic hydroxyl groups is 1. The SMILES string of the molecule is CCC(=O)C1=C(O)C(=O)N(c2ccc(F)cc2)C1c1ccc(O)c([N+](=O)[O-])c1. The van der Waals surface area contributed by atoms with Gasteiger partial charge in [-0.05, 0) is 35.9 Å². The second-order valence-corrected chi connectivity index (χ2v) is 6.10. The molecule has 9 heteroatoms. The molecule has 1 aliphatic heterocycles. The van der Waals surface area contributed by atoms with Crippen LogP contribution in [0.5, 0.6) is 5.75 Å². The van der Waals surface area contributed by atoms with Crippen LogP contribution in [0.3, 0.4) is 0 Å². The van der Waals surface area contributed by atoms with E-state index in [1.54, 1.807) is 6.92 Å². The number of nitro benzene ring substituents is 1. The zero-order valence-corrected chi connectivity index (χ0v) is 14.6. The summed E-state index contributed by atoms with van der Waals surface area (Å²) in [6.07, 6.45) is -0.0133. The van der Waals surface area contributed by atoms with E-state index in [2.05, 4.69) is 0 Å². The fourth-order valence-electron chi connectivity index (χ4n) is 3.12. The van der Waals surface area contributed by atoms with Gasteiger partial charge in [0.1, 0.15) is 5.82 Å². The lowest BCUT2D eigenvalue weighted by atomic mass is 9.94. The summed E-state index contributed by atoms with van der Waals surface area (Å²) in [5, 5.41) is 31.2. The Morgan fingerprint density at radius 3 is 2.43 bits per heavy atom. The molecule has 2 N–H and O–H groups in total. The van der Waals surface area contributed by atoms with E-state index >= 15 is 0 Å². The van der Waals surface area contributed by atoms with Crippen molar-refractivity contribution in [3.63, 3.8) is 0 Å². The fraction of sp³-hybridized carbons (Fsp3) is 0.158. The number of phenolic OH excluding ortho intramolecular Hbond substituents is 1. The first-order valence-corrected chi connectivity index (χ1v) is 8.29. The van der Waals surface area contributed by atoms with Crippen LogP contribution in [0, 0.1) is 15.9 Å². The van der Waals surface area contributed by atoms with Crippen molar-refractivity contribution < 1.29 is 29.1 Å². The van der Waals surface area contributed by atoms with E-state index in [9.17, 15) is 34.3 Å². The van der Waals surface area contributed by atoms with Gasteiger partial charge >= 0.3 is 5.69 Å². The average Bonchev–Trinajstić information content (AvgIpc) is 2.93. The molecule has 0 fully saturated rings. The van der Waals surface area contributed by atoms with Crippen LogP contribution in [0.15, 0.2) is 53.8 Å². The highest BCUT2D eigenvalue weighted by molar-refractivity contribution is 6.16. The minimum atomic E-state index is -1.16. The van der Waals surface area contributed by atoms with Crippen molar-refractivity contribution >= 4 is 23.1 Å². The minimum Gasteiger partial charge on any atom is -0.503 e. The van der Waals surface area contributed by atoms with Crippen molar-refractivity contribution in [2.24, 2.45) is 0 Å². The maximum absolute atomic E-state index is 13.3. The van der Waals surface area contributed by atoms with Gasteiger partial charge in [-0.1, -0.05) is 13.0 Å². The van der Waals surface area contributed by atoms with E-state index < -0.39 is 45.7 Å². The largest absolute Gasteiger partial charge is 0.503 e. The Labute approximate surface area is 158 Å². The van der Waals surface area contributed by atoms with E-state index in [4.69, 9.17) is 0 Å². The van der Waals surface area contributed by atoms with E-state index in [1.165, 1.54) is 18.2 Å². The number of aromatic hydroxyl groups is 1. The van der Waals surface area contributed by atoms with Crippen LogP contribution < -0.4 is 4.90 Å². The number of phenols is 1. The molecule has 0 spiro atoms. The summed E-state index contributed by atoms with van der Waals surface area (Å²) in [7, 11) is 0. The summed E-state index contributed by atoms with van der Waals surface area (Å²) in [6, 6.07) is 7.06. The number of carbonyl (C=O) groups excluding carboxylic acids is 2. The molecule has 0 saturated carbocycles. The molecule has 0 radical (unpaired) electrons. The molecule has 1 aliphatic rings. The third-order valence-electron chi connectivity index (χ3n) is 4.45. The van der Waals surface area contributed by atoms with E-state index in [1.807, 2.05) is 0 Å². The van der Waals surface area contributed by atoms with Crippen molar-refractivity contribution in [1.29, 1.82) is 0 Å². The zero-order chi connectivity index (χ0) is 20.6. The average molecular weight is 386 g/mol. The summed E-state index contributed by atoms with van der Waals surface area (Å²) in [4.78, 5) is 36.5. The number of carbonyl (C=O) groups is 2. The highest BCUT2D eigenvalue weighted by Gasteiger charge is 2.44. The van der Waals surface area contributed by atoms with Gasteiger partial charge in [0.25, 0.3) is 5.91 Å². The lowest BCUT2D eigenvalue weighted by Crippen LogP contribution is -2.31. The molecule has 1 atom stereocenters. The van der Waals surface area contributed by atoms with Gasteiger partial charge in [-0.25, -0.2) is 4.39 Å². The lowest BCUT2D eigenvalue weighted by molar-refractivity contribution is -0.385. The maximum Gasteiger partial charge on any atom is 0.311 e. The Morgan fingerprint density at radius 2 is 1.86 bits per heavy atom.